The van der Waals surface area contributed by atoms with Crippen LogP contribution in [0.5, 0.6) is 0 Å². The molecule has 22 heavy (non-hydrogen) atoms. The molecule has 1 atom stereocenters. The van der Waals surface area contributed by atoms with Crippen molar-refractivity contribution in [3.8, 4) is 0 Å². The lowest BCUT2D eigenvalue weighted by molar-refractivity contribution is -0.163. The Labute approximate surface area is 126 Å². The molecular weight excluding hydrogens is 320 g/mol. The number of aliphatic carboxylic acids is 1. The Morgan fingerprint density at radius 1 is 1.50 bits per heavy atom. The van der Waals surface area contributed by atoms with Gasteiger partial charge >= 0.3 is 5.97 Å². The fourth-order valence-corrected chi connectivity index (χ4v) is 3.67. The van der Waals surface area contributed by atoms with Gasteiger partial charge in [0, 0.05) is 18.8 Å². The molecule has 124 valence electrons. The Morgan fingerprint density at radius 3 is 2.59 bits per heavy atom. The van der Waals surface area contributed by atoms with Gasteiger partial charge in [0.1, 0.15) is 5.92 Å². The molecule has 0 radical (unpaired) electrons. The van der Waals surface area contributed by atoms with Crippen LogP contribution in [-0.2, 0) is 14.8 Å². The van der Waals surface area contributed by atoms with Crippen LogP contribution in [0.3, 0.4) is 0 Å². The second-order valence-electron chi connectivity index (χ2n) is 5.53. The molecule has 2 heterocycles. The first-order valence-electron chi connectivity index (χ1n) is 6.70. The lowest BCUT2D eigenvalue weighted by Crippen LogP contribution is -2.52. The zero-order chi connectivity index (χ0) is 16.7. The fourth-order valence-electron chi connectivity index (χ4n) is 2.28. The normalized spacial score (nSPS) is 22.9. The molecule has 1 aliphatic heterocycles. The van der Waals surface area contributed by atoms with E-state index >= 15 is 0 Å². The molecule has 0 aliphatic carbocycles. The SMILES string of the molecule is CC(C)n1cnc(S(=O)(=O)N2CCC(C(=O)O)C(F)(F)C2)c1. The Balaban J connectivity index is 2.25. The number of halogens is 2. The first kappa shape index (κ1) is 16.8. The van der Waals surface area contributed by atoms with E-state index in [1.807, 2.05) is 13.8 Å². The van der Waals surface area contributed by atoms with Crippen LogP contribution in [0, 0.1) is 5.92 Å². The van der Waals surface area contributed by atoms with Crippen LogP contribution in [0.15, 0.2) is 17.6 Å². The minimum absolute atomic E-state index is 0.0179. The van der Waals surface area contributed by atoms with Crippen LogP contribution in [0.1, 0.15) is 26.3 Å². The van der Waals surface area contributed by atoms with Gasteiger partial charge < -0.3 is 9.67 Å². The lowest BCUT2D eigenvalue weighted by Gasteiger charge is -2.35. The van der Waals surface area contributed by atoms with Gasteiger partial charge in [-0.2, -0.15) is 4.31 Å². The predicted molar refractivity (Wildman–Crippen MR) is 72.1 cm³/mol. The summed E-state index contributed by atoms with van der Waals surface area (Å²) in [7, 11) is -4.17. The highest BCUT2D eigenvalue weighted by molar-refractivity contribution is 7.89. The van der Waals surface area contributed by atoms with Gasteiger partial charge in [-0.05, 0) is 20.3 Å². The van der Waals surface area contributed by atoms with Crippen molar-refractivity contribution in [2.24, 2.45) is 5.92 Å². The number of carboxylic acid groups (broad SMARTS) is 1. The largest absolute Gasteiger partial charge is 0.481 e. The monoisotopic (exact) mass is 337 g/mol. The van der Waals surface area contributed by atoms with Crippen molar-refractivity contribution in [1.29, 1.82) is 0 Å². The molecule has 1 aliphatic rings. The topological polar surface area (TPSA) is 92.5 Å². The van der Waals surface area contributed by atoms with Gasteiger partial charge in [-0.3, -0.25) is 4.79 Å². The third kappa shape index (κ3) is 2.98. The maximum absolute atomic E-state index is 13.8. The number of carbonyl (C=O) groups is 1. The van der Waals surface area contributed by atoms with E-state index in [0.29, 0.717) is 4.31 Å². The molecule has 10 heteroatoms. The van der Waals surface area contributed by atoms with Gasteiger partial charge in [0.05, 0.1) is 12.9 Å². The Morgan fingerprint density at radius 2 is 2.14 bits per heavy atom. The number of aromatic nitrogens is 2. The molecule has 0 bridgehead atoms. The summed E-state index contributed by atoms with van der Waals surface area (Å²) in [6.45, 7) is 2.22. The number of imidazole rings is 1. The summed E-state index contributed by atoms with van der Waals surface area (Å²) >= 11 is 0. The molecule has 1 N–H and O–H groups in total. The van der Waals surface area contributed by atoms with Crippen LogP contribution >= 0.6 is 0 Å². The standard InChI is InChI=1S/C12H17F2N3O4S/c1-8(2)16-5-10(15-7-16)22(20,21)17-4-3-9(11(18)19)12(13,14)6-17/h5,7-9H,3-4,6H2,1-2H3,(H,18,19). The predicted octanol–water partition coefficient (Wildman–Crippen LogP) is 1.19. The zero-order valence-corrected chi connectivity index (χ0v) is 12.9. The number of nitrogens with zero attached hydrogens (tertiary/aromatic N) is 3. The van der Waals surface area contributed by atoms with Crippen molar-refractivity contribution in [2.45, 2.75) is 37.3 Å². The number of sulfonamides is 1. The van der Waals surface area contributed by atoms with Crippen molar-refractivity contribution in [3.63, 3.8) is 0 Å². The van der Waals surface area contributed by atoms with Gasteiger partial charge in [0.2, 0.25) is 0 Å². The summed E-state index contributed by atoms with van der Waals surface area (Å²) in [6, 6.07) is -0.0179. The molecule has 2 rings (SSSR count). The van der Waals surface area contributed by atoms with Gasteiger partial charge in [0.15, 0.2) is 5.03 Å². The molecule has 1 saturated heterocycles. The summed E-state index contributed by atoms with van der Waals surface area (Å²) < 4.78 is 54.5. The lowest BCUT2D eigenvalue weighted by atomic mass is 9.94. The van der Waals surface area contributed by atoms with E-state index in [-0.39, 0.29) is 17.6 Å². The van der Waals surface area contributed by atoms with Crippen molar-refractivity contribution in [3.05, 3.63) is 12.5 Å². The third-order valence-corrected chi connectivity index (χ3v) is 5.37. The van der Waals surface area contributed by atoms with Gasteiger partial charge in [0.25, 0.3) is 15.9 Å². The Bertz CT molecular complexity index is 672. The Hall–Kier alpha value is -1.55. The maximum atomic E-state index is 13.8. The zero-order valence-electron chi connectivity index (χ0n) is 12.1. The number of piperidine rings is 1. The third-order valence-electron chi connectivity index (χ3n) is 3.64. The van der Waals surface area contributed by atoms with E-state index in [4.69, 9.17) is 5.11 Å². The number of alkyl halides is 2. The van der Waals surface area contributed by atoms with Crippen LogP contribution in [-0.4, -0.2) is 52.4 Å². The van der Waals surface area contributed by atoms with Crippen molar-refractivity contribution in [2.75, 3.05) is 13.1 Å². The van der Waals surface area contributed by atoms with Crippen LogP contribution in [0.2, 0.25) is 0 Å². The number of rotatable bonds is 4. The van der Waals surface area contributed by atoms with Crippen molar-refractivity contribution in [1.82, 2.24) is 13.9 Å². The van der Waals surface area contributed by atoms with E-state index < -0.39 is 40.8 Å². The Kier molecular flexibility index (Phi) is 4.26. The molecular formula is C12H17F2N3O4S. The fraction of sp³-hybridized carbons (Fsp3) is 0.667. The second kappa shape index (κ2) is 5.58. The van der Waals surface area contributed by atoms with E-state index in [1.165, 1.54) is 12.5 Å². The molecule has 1 unspecified atom stereocenters. The van der Waals surface area contributed by atoms with Crippen LogP contribution < -0.4 is 0 Å². The van der Waals surface area contributed by atoms with E-state index in [1.54, 1.807) is 4.57 Å². The van der Waals surface area contributed by atoms with Crippen molar-refractivity contribution >= 4 is 16.0 Å². The summed E-state index contributed by atoms with van der Waals surface area (Å²) in [5.74, 6) is -7.10. The first-order chi connectivity index (χ1) is 10.1. The van der Waals surface area contributed by atoms with Gasteiger partial charge in [-0.15, -0.1) is 0 Å². The molecule has 0 aromatic carbocycles. The molecule has 7 nitrogen and oxygen atoms in total. The average Bonchev–Trinajstić information content (AvgIpc) is 2.87. The molecule has 0 spiro atoms. The summed E-state index contributed by atoms with van der Waals surface area (Å²) in [5, 5.41) is 8.47. The minimum atomic E-state index is -4.17. The highest BCUT2D eigenvalue weighted by Crippen LogP contribution is 2.35. The highest BCUT2D eigenvalue weighted by atomic mass is 32.2. The first-order valence-corrected chi connectivity index (χ1v) is 8.14. The molecule has 0 saturated carbocycles. The second-order valence-corrected chi connectivity index (χ2v) is 7.42. The summed E-state index contributed by atoms with van der Waals surface area (Å²) in [6.07, 6.45) is 2.16. The molecule has 0 amide bonds. The highest BCUT2D eigenvalue weighted by Gasteiger charge is 2.51. The van der Waals surface area contributed by atoms with Crippen molar-refractivity contribution < 1.29 is 27.1 Å². The number of hydrogen-bond acceptors (Lipinski definition) is 4. The smallest absolute Gasteiger partial charge is 0.312 e. The van der Waals surface area contributed by atoms with Gasteiger partial charge in [-0.1, -0.05) is 0 Å². The van der Waals surface area contributed by atoms with Gasteiger partial charge in [-0.25, -0.2) is 22.2 Å². The summed E-state index contributed by atoms with van der Waals surface area (Å²) in [5.41, 5.74) is 0. The minimum Gasteiger partial charge on any atom is -0.481 e. The van der Waals surface area contributed by atoms with E-state index in [2.05, 4.69) is 4.98 Å². The molecule has 1 fully saturated rings. The maximum Gasteiger partial charge on any atom is 0.312 e. The number of carboxylic acids is 1. The number of hydrogen-bond donors (Lipinski definition) is 1. The molecule has 1 aromatic rings. The van der Waals surface area contributed by atoms with E-state index in [9.17, 15) is 22.0 Å². The summed E-state index contributed by atoms with van der Waals surface area (Å²) in [4.78, 5) is 14.6. The average molecular weight is 337 g/mol. The van der Waals surface area contributed by atoms with E-state index in [0.717, 1.165) is 0 Å². The quantitative estimate of drug-likeness (QED) is 0.891. The van der Waals surface area contributed by atoms with Crippen LogP contribution in [0.4, 0.5) is 8.78 Å². The molecule has 1 aromatic heterocycles. The van der Waals surface area contributed by atoms with Crippen LogP contribution in [0.25, 0.3) is 0 Å².